The lowest BCUT2D eigenvalue weighted by Crippen LogP contribution is -2.38. The zero-order valence-electron chi connectivity index (χ0n) is 12.0. The van der Waals surface area contributed by atoms with Crippen LogP contribution < -0.4 is 0 Å². The van der Waals surface area contributed by atoms with Crippen molar-refractivity contribution in [2.75, 3.05) is 20.1 Å². The minimum atomic E-state index is -0.117. The van der Waals surface area contributed by atoms with Gasteiger partial charge in [0, 0.05) is 12.1 Å². The van der Waals surface area contributed by atoms with Gasteiger partial charge in [0.2, 0.25) is 0 Å². The highest BCUT2D eigenvalue weighted by Gasteiger charge is 2.28. The average molecular weight is 261 g/mol. The minimum Gasteiger partial charge on any atom is -0.393 e. The molecule has 0 aromatic heterocycles. The maximum Gasteiger partial charge on any atom is 0.176 e. The summed E-state index contributed by atoms with van der Waals surface area (Å²) in [5, 5.41) is 9.26. The Balaban J connectivity index is 1.87. The number of benzene rings is 1. The molecule has 104 valence electrons. The standard InChI is InChI=1S/C16H23NO2/c1-11-4-5-14(6-12(11)2)16(19)10-17(3)9-13-7-15(18)8-13/h4-6,13,15,18H,7-10H2,1-3H3. The molecule has 0 aliphatic heterocycles. The van der Waals surface area contributed by atoms with Crippen LogP contribution in [-0.2, 0) is 0 Å². The number of aliphatic hydroxyl groups excluding tert-OH is 1. The molecule has 0 amide bonds. The smallest absolute Gasteiger partial charge is 0.176 e. The summed E-state index contributed by atoms with van der Waals surface area (Å²) in [4.78, 5) is 14.2. The Morgan fingerprint density at radius 2 is 2.00 bits per heavy atom. The highest BCUT2D eigenvalue weighted by atomic mass is 16.3. The van der Waals surface area contributed by atoms with Gasteiger partial charge in [-0.05, 0) is 56.8 Å². The third kappa shape index (κ3) is 3.64. The molecule has 1 fully saturated rings. The first-order valence-electron chi connectivity index (χ1n) is 6.92. The Bertz CT molecular complexity index is 464. The van der Waals surface area contributed by atoms with E-state index in [-0.39, 0.29) is 11.9 Å². The van der Waals surface area contributed by atoms with Crippen LogP contribution in [0.1, 0.15) is 34.3 Å². The number of Topliss-reactive ketones (excluding diaryl/α,β-unsaturated/α-hetero) is 1. The van der Waals surface area contributed by atoms with Gasteiger partial charge >= 0.3 is 0 Å². The van der Waals surface area contributed by atoms with Crippen LogP contribution in [0.5, 0.6) is 0 Å². The van der Waals surface area contributed by atoms with Crippen LogP contribution in [0.3, 0.4) is 0 Å². The number of aliphatic hydroxyl groups is 1. The first-order valence-corrected chi connectivity index (χ1v) is 6.92. The summed E-state index contributed by atoms with van der Waals surface area (Å²) in [5.41, 5.74) is 3.17. The summed E-state index contributed by atoms with van der Waals surface area (Å²) >= 11 is 0. The van der Waals surface area contributed by atoms with Gasteiger partial charge in [-0.15, -0.1) is 0 Å². The molecule has 1 N–H and O–H groups in total. The topological polar surface area (TPSA) is 40.5 Å². The summed E-state index contributed by atoms with van der Waals surface area (Å²) in [7, 11) is 1.98. The normalized spacial score (nSPS) is 22.4. The average Bonchev–Trinajstić information content (AvgIpc) is 2.30. The number of hydrogen-bond acceptors (Lipinski definition) is 3. The number of aryl methyl sites for hydroxylation is 2. The van der Waals surface area contributed by atoms with Crippen LogP contribution in [0.2, 0.25) is 0 Å². The van der Waals surface area contributed by atoms with Gasteiger partial charge in [0.25, 0.3) is 0 Å². The SMILES string of the molecule is Cc1ccc(C(=O)CN(C)CC2CC(O)C2)cc1C. The summed E-state index contributed by atoms with van der Waals surface area (Å²) in [5.74, 6) is 0.720. The fourth-order valence-electron chi connectivity index (χ4n) is 2.61. The van der Waals surface area contributed by atoms with Crippen LogP contribution in [0.15, 0.2) is 18.2 Å². The third-order valence-corrected chi connectivity index (χ3v) is 4.02. The molecule has 1 aromatic carbocycles. The second kappa shape index (κ2) is 5.85. The van der Waals surface area contributed by atoms with E-state index in [2.05, 4.69) is 11.8 Å². The van der Waals surface area contributed by atoms with E-state index in [1.165, 1.54) is 5.56 Å². The van der Waals surface area contributed by atoms with E-state index >= 15 is 0 Å². The molecule has 0 bridgehead atoms. The molecular formula is C16H23NO2. The van der Waals surface area contributed by atoms with Gasteiger partial charge in [-0.3, -0.25) is 9.69 Å². The second-order valence-electron chi connectivity index (χ2n) is 5.91. The molecule has 0 heterocycles. The van der Waals surface area contributed by atoms with Crippen LogP contribution in [0.25, 0.3) is 0 Å². The molecule has 3 heteroatoms. The number of hydrogen-bond donors (Lipinski definition) is 1. The maximum absolute atomic E-state index is 12.2. The molecule has 2 rings (SSSR count). The van der Waals surface area contributed by atoms with Gasteiger partial charge in [0.1, 0.15) is 0 Å². The van der Waals surface area contributed by atoms with Gasteiger partial charge in [0.05, 0.1) is 12.6 Å². The molecular weight excluding hydrogens is 238 g/mol. The fraction of sp³-hybridized carbons (Fsp3) is 0.562. The van der Waals surface area contributed by atoms with Crippen molar-refractivity contribution in [3.63, 3.8) is 0 Å². The molecule has 19 heavy (non-hydrogen) atoms. The molecule has 0 atom stereocenters. The summed E-state index contributed by atoms with van der Waals surface area (Å²) in [6.45, 7) is 5.44. The van der Waals surface area contributed by atoms with Crippen molar-refractivity contribution in [2.24, 2.45) is 5.92 Å². The molecule has 0 spiro atoms. The number of nitrogens with zero attached hydrogens (tertiary/aromatic N) is 1. The molecule has 1 aromatic rings. The highest BCUT2D eigenvalue weighted by Crippen LogP contribution is 2.27. The van der Waals surface area contributed by atoms with Crippen LogP contribution in [0.4, 0.5) is 0 Å². The molecule has 0 saturated heterocycles. The summed E-state index contributed by atoms with van der Waals surface area (Å²) in [6.07, 6.45) is 1.64. The van der Waals surface area contributed by atoms with Crippen molar-refractivity contribution in [2.45, 2.75) is 32.8 Å². The Hall–Kier alpha value is -1.19. The Kier molecular flexibility index (Phi) is 4.38. The molecule has 0 radical (unpaired) electrons. The number of carbonyl (C=O) groups is 1. The van der Waals surface area contributed by atoms with Gasteiger partial charge < -0.3 is 5.11 Å². The monoisotopic (exact) mass is 261 g/mol. The Morgan fingerprint density at radius 3 is 2.58 bits per heavy atom. The van der Waals surface area contributed by atoms with E-state index in [1.807, 2.05) is 32.2 Å². The third-order valence-electron chi connectivity index (χ3n) is 4.02. The first kappa shape index (κ1) is 14.2. The van der Waals surface area contributed by atoms with Crippen molar-refractivity contribution in [1.29, 1.82) is 0 Å². The zero-order valence-corrected chi connectivity index (χ0v) is 12.0. The number of ketones is 1. The maximum atomic E-state index is 12.2. The first-order chi connectivity index (χ1) is 8.95. The Labute approximate surface area is 115 Å². The quantitative estimate of drug-likeness (QED) is 0.826. The molecule has 1 aliphatic carbocycles. The summed E-state index contributed by atoms with van der Waals surface area (Å²) in [6, 6.07) is 5.88. The van der Waals surface area contributed by atoms with Gasteiger partial charge in [0.15, 0.2) is 5.78 Å². The van der Waals surface area contributed by atoms with E-state index in [0.717, 1.165) is 30.5 Å². The van der Waals surface area contributed by atoms with Crippen molar-refractivity contribution in [1.82, 2.24) is 4.90 Å². The number of carbonyl (C=O) groups excluding carboxylic acids is 1. The predicted octanol–water partition coefficient (Wildman–Crippen LogP) is 2.19. The van der Waals surface area contributed by atoms with Crippen molar-refractivity contribution < 1.29 is 9.90 Å². The van der Waals surface area contributed by atoms with Gasteiger partial charge in [-0.2, -0.15) is 0 Å². The van der Waals surface area contributed by atoms with E-state index in [9.17, 15) is 9.90 Å². The molecule has 0 unspecified atom stereocenters. The van der Waals surface area contributed by atoms with Crippen LogP contribution >= 0.6 is 0 Å². The fourth-order valence-corrected chi connectivity index (χ4v) is 2.61. The summed E-state index contributed by atoms with van der Waals surface area (Å²) < 4.78 is 0. The zero-order chi connectivity index (χ0) is 14.0. The molecule has 1 saturated carbocycles. The van der Waals surface area contributed by atoms with Gasteiger partial charge in [-0.25, -0.2) is 0 Å². The molecule has 3 nitrogen and oxygen atoms in total. The predicted molar refractivity (Wildman–Crippen MR) is 76.5 cm³/mol. The van der Waals surface area contributed by atoms with E-state index < -0.39 is 0 Å². The Morgan fingerprint density at radius 1 is 1.32 bits per heavy atom. The van der Waals surface area contributed by atoms with Crippen LogP contribution in [0, 0.1) is 19.8 Å². The second-order valence-corrected chi connectivity index (χ2v) is 5.91. The van der Waals surface area contributed by atoms with Gasteiger partial charge in [-0.1, -0.05) is 12.1 Å². The van der Waals surface area contributed by atoms with E-state index in [4.69, 9.17) is 0 Å². The largest absolute Gasteiger partial charge is 0.393 e. The lowest BCUT2D eigenvalue weighted by molar-refractivity contribution is 0.0286. The minimum absolute atomic E-state index is 0.117. The number of rotatable bonds is 5. The highest BCUT2D eigenvalue weighted by molar-refractivity contribution is 5.97. The van der Waals surface area contributed by atoms with Crippen molar-refractivity contribution in [3.05, 3.63) is 34.9 Å². The number of likely N-dealkylation sites (N-methyl/N-ethyl adjacent to an activating group) is 1. The lowest BCUT2D eigenvalue weighted by atomic mass is 9.82. The van der Waals surface area contributed by atoms with Crippen molar-refractivity contribution >= 4 is 5.78 Å². The van der Waals surface area contributed by atoms with Crippen LogP contribution in [-0.4, -0.2) is 42.0 Å². The lowest BCUT2D eigenvalue weighted by Gasteiger charge is -2.34. The van der Waals surface area contributed by atoms with Crippen molar-refractivity contribution in [3.8, 4) is 0 Å². The molecule has 1 aliphatic rings. The van der Waals surface area contributed by atoms with E-state index in [0.29, 0.717) is 12.5 Å². The van der Waals surface area contributed by atoms with E-state index in [1.54, 1.807) is 0 Å².